The van der Waals surface area contributed by atoms with Crippen molar-refractivity contribution in [2.75, 3.05) is 11.9 Å². The zero-order valence-corrected chi connectivity index (χ0v) is 12.9. The summed E-state index contributed by atoms with van der Waals surface area (Å²) in [6.45, 7) is 2.27. The number of ether oxygens (including phenoxy) is 1. The van der Waals surface area contributed by atoms with Gasteiger partial charge in [-0.2, -0.15) is 5.26 Å². The molecule has 1 aliphatic rings. The summed E-state index contributed by atoms with van der Waals surface area (Å²) >= 11 is 3.46. The highest BCUT2D eigenvalue weighted by molar-refractivity contribution is 9.10. The number of hydrogen-bond donors (Lipinski definition) is 1. The number of nitrogens with zero attached hydrogens (tertiary/aromatic N) is 1. The molecule has 0 bridgehead atoms. The monoisotopic (exact) mass is 336 g/mol. The molecule has 0 aliphatic heterocycles. The molecule has 0 saturated heterocycles. The van der Waals surface area contributed by atoms with Crippen molar-refractivity contribution in [1.29, 1.82) is 5.26 Å². The molecule has 0 heterocycles. The topological polar surface area (TPSA) is 62.1 Å². The summed E-state index contributed by atoms with van der Waals surface area (Å²) in [6.07, 6.45) is 2.62. The van der Waals surface area contributed by atoms with Crippen LogP contribution in [0, 0.1) is 17.2 Å². The van der Waals surface area contributed by atoms with Gasteiger partial charge in [0.15, 0.2) is 0 Å². The molecule has 2 atom stereocenters. The summed E-state index contributed by atoms with van der Waals surface area (Å²) in [5.41, 5.74) is 1.58. The maximum atomic E-state index is 11.7. The van der Waals surface area contributed by atoms with Crippen molar-refractivity contribution in [3.05, 3.63) is 28.2 Å². The Morgan fingerprint density at radius 3 is 3.00 bits per heavy atom. The SMILES string of the molecule is CCOC(=O)[C@@H]1CC[C@H](Nc2ccc(C#N)cc2Br)C1. The smallest absolute Gasteiger partial charge is 0.308 e. The second-order valence-electron chi connectivity index (χ2n) is 4.91. The molecule has 20 heavy (non-hydrogen) atoms. The third-order valence-electron chi connectivity index (χ3n) is 3.51. The van der Waals surface area contributed by atoms with E-state index in [4.69, 9.17) is 10.00 Å². The molecular formula is C15H17BrN2O2. The molecule has 4 nitrogen and oxygen atoms in total. The molecule has 2 rings (SSSR count). The van der Waals surface area contributed by atoms with E-state index in [2.05, 4.69) is 27.3 Å². The number of benzene rings is 1. The third kappa shape index (κ3) is 3.51. The van der Waals surface area contributed by atoms with E-state index in [-0.39, 0.29) is 17.9 Å². The van der Waals surface area contributed by atoms with Gasteiger partial charge in [-0.15, -0.1) is 0 Å². The van der Waals surface area contributed by atoms with Crippen molar-refractivity contribution < 1.29 is 9.53 Å². The molecule has 1 aliphatic carbocycles. The number of esters is 1. The van der Waals surface area contributed by atoms with Crippen LogP contribution in [0.5, 0.6) is 0 Å². The lowest BCUT2D eigenvalue weighted by Crippen LogP contribution is -2.19. The molecule has 5 heteroatoms. The number of rotatable bonds is 4. The third-order valence-corrected chi connectivity index (χ3v) is 4.17. The first-order valence-corrected chi connectivity index (χ1v) is 7.56. The van der Waals surface area contributed by atoms with Gasteiger partial charge in [0, 0.05) is 16.2 Å². The van der Waals surface area contributed by atoms with Crippen LogP contribution in [0.4, 0.5) is 5.69 Å². The Bertz CT molecular complexity index is 539. The number of nitrogens with one attached hydrogen (secondary N) is 1. The highest BCUT2D eigenvalue weighted by Crippen LogP contribution is 2.31. The summed E-state index contributed by atoms with van der Waals surface area (Å²) in [5.74, 6) is -0.0831. The zero-order valence-electron chi connectivity index (χ0n) is 11.4. The number of carbonyl (C=O) groups excluding carboxylic acids is 1. The van der Waals surface area contributed by atoms with Gasteiger partial charge in [0.25, 0.3) is 0 Å². The Labute approximate surface area is 127 Å². The Morgan fingerprint density at radius 1 is 1.55 bits per heavy atom. The van der Waals surface area contributed by atoms with Crippen molar-refractivity contribution in [2.24, 2.45) is 5.92 Å². The molecule has 0 radical (unpaired) electrons. The summed E-state index contributed by atoms with van der Waals surface area (Å²) in [5, 5.41) is 12.3. The lowest BCUT2D eigenvalue weighted by atomic mass is 10.1. The molecule has 1 aromatic carbocycles. The van der Waals surface area contributed by atoms with Gasteiger partial charge < -0.3 is 10.1 Å². The van der Waals surface area contributed by atoms with Crippen LogP contribution < -0.4 is 5.32 Å². The van der Waals surface area contributed by atoms with Crippen LogP contribution in [0.2, 0.25) is 0 Å². The summed E-state index contributed by atoms with van der Waals surface area (Å²) in [4.78, 5) is 11.7. The van der Waals surface area contributed by atoms with Crippen LogP contribution in [0.3, 0.4) is 0 Å². The van der Waals surface area contributed by atoms with Crippen molar-refractivity contribution >= 4 is 27.6 Å². The van der Waals surface area contributed by atoms with Gasteiger partial charge in [-0.25, -0.2) is 0 Å². The lowest BCUT2D eigenvalue weighted by molar-refractivity contribution is -0.147. The molecular weight excluding hydrogens is 320 g/mol. The van der Waals surface area contributed by atoms with Crippen molar-refractivity contribution in [3.63, 3.8) is 0 Å². The first kappa shape index (κ1) is 14.9. The highest BCUT2D eigenvalue weighted by atomic mass is 79.9. The van der Waals surface area contributed by atoms with E-state index >= 15 is 0 Å². The van der Waals surface area contributed by atoms with Gasteiger partial charge >= 0.3 is 5.97 Å². The molecule has 106 valence electrons. The quantitative estimate of drug-likeness (QED) is 0.855. The van der Waals surface area contributed by atoms with Crippen LogP contribution >= 0.6 is 15.9 Å². The lowest BCUT2D eigenvalue weighted by Gasteiger charge is -2.16. The summed E-state index contributed by atoms with van der Waals surface area (Å²) in [6, 6.07) is 7.84. The van der Waals surface area contributed by atoms with Gasteiger partial charge in [-0.3, -0.25) is 4.79 Å². The minimum Gasteiger partial charge on any atom is -0.466 e. The molecule has 0 aromatic heterocycles. The second-order valence-corrected chi connectivity index (χ2v) is 5.76. The Balaban J connectivity index is 1.95. The maximum Gasteiger partial charge on any atom is 0.308 e. The van der Waals surface area contributed by atoms with Crippen LogP contribution in [-0.4, -0.2) is 18.6 Å². The molecule has 0 unspecified atom stereocenters. The summed E-state index contributed by atoms with van der Waals surface area (Å²) in [7, 11) is 0. The predicted molar refractivity (Wildman–Crippen MR) is 80.2 cm³/mol. The van der Waals surface area contributed by atoms with Gasteiger partial charge in [0.2, 0.25) is 0 Å². The predicted octanol–water partition coefficient (Wildman–Crippen LogP) is 3.46. The first-order chi connectivity index (χ1) is 9.63. The van der Waals surface area contributed by atoms with Crippen LogP contribution in [0.25, 0.3) is 0 Å². The number of hydrogen-bond acceptors (Lipinski definition) is 4. The van der Waals surface area contributed by atoms with Crippen molar-refractivity contribution in [1.82, 2.24) is 0 Å². The molecule has 1 aromatic rings. The zero-order chi connectivity index (χ0) is 14.5. The van der Waals surface area contributed by atoms with E-state index < -0.39 is 0 Å². The summed E-state index contributed by atoms with van der Waals surface area (Å²) < 4.78 is 5.94. The first-order valence-electron chi connectivity index (χ1n) is 6.76. The van der Waals surface area contributed by atoms with E-state index in [0.717, 1.165) is 29.4 Å². The number of anilines is 1. The second kappa shape index (κ2) is 6.76. The van der Waals surface area contributed by atoms with E-state index in [0.29, 0.717) is 12.2 Å². The van der Waals surface area contributed by atoms with Gasteiger partial charge in [0.1, 0.15) is 0 Å². The normalized spacial score (nSPS) is 21.2. The Morgan fingerprint density at radius 2 is 2.35 bits per heavy atom. The fourth-order valence-electron chi connectivity index (χ4n) is 2.51. The van der Waals surface area contributed by atoms with E-state index in [1.165, 1.54) is 0 Å². The average molecular weight is 337 g/mol. The van der Waals surface area contributed by atoms with Crippen molar-refractivity contribution in [2.45, 2.75) is 32.2 Å². The minimum atomic E-state index is -0.0873. The highest BCUT2D eigenvalue weighted by Gasteiger charge is 2.31. The fourth-order valence-corrected chi connectivity index (χ4v) is 3.00. The Kier molecular flexibility index (Phi) is 5.02. The molecule has 1 N–H and O–H groups in total. The number of carbonyl (C=O) groups is 1. The van der Waals surface area contributed by atoms with E-state index in [1.807, 2.05) is 13.0 Å². The molecule has 1 saturated carbocycles. The Hall–Kier alpha value is -1.54. The molecule has 1 fully saturated rings. The number of nitriles is 1. The fraction of sp³-hybridized carbons (Fsp3) is 0.467. The largest absolute Gasteiger partial charge is 0.466 e. The minimum absolute atomic E-state index is 0.00427. The van der Waals surface area contributed by atoms with Gasteiger partial charge in [-0.05, 0) is 60.3 Å². The van der Waals surface area contributed by atoms with Crippen LogP contribution in [0.15, 0.2) is 22.7 Å². The van der Waals surface area contributed by atoms with E-state index in [9.17, 15) is 4.79 Å². The van der Waals surface area contributed by atoms with Crippen LogP contribution in [0.1, 0.15) is 31.7 Å². The maximum absolute atomic E-state index is 11.7. The average Bonchev–Trinajstić information content (AvgIpc) is 2.90. The van der Waals surface area contributed by atoms with Crippen LogP contribution in [-0.2, 0) is 9.53 Å². The molecule has 0 spiro atoms. The molecule has 0 amide bonds. The van der Waals surface area contributed by atoms with Crippen molar-refractivity contribution in [3.8, 4) is 6.07 Å². The van der Waals surface area contributed by atoms with Gasteiger partial charge in [0.05, 0.1) is 24.2 Å². The standard InChI is InChI=1S/C15H17BrN2O2/c1-2-20-15(19)11-4-5-12(8-11)18-14-6-3-10(9-17)7-13(14)16/h3,6-7,11-12,18H,2,4-5,8H2,1H3/t11-,12+/m1/s1. The number of halogens is 1. The van der Waals surface area contributed by atoms with E-state index in [1.54, 1.807) is 12.1 Å². The van der Waals surface area contributed by atoms with Gasteiger partial charge in [-0.1, -0.05) is 0 Å².